The molecule has 1 aromatic heterocycles. The predicted octanol–water partition coefficient (Wildman–Crippen LogP) is 4.47. The van der Waals surface area contributed by atoms with Gasteiger partial charge in [0.25, 0.3) is 11.8 Å². The zero-order valence-electron chi connectivity index (χ0n) is 18.2. The largest absolute Gasteiger partial charge is 0.368 e. The zero-order valence-corrected chi connectivity index (χ0v) is 19.1. The second kappa shape index (κ2) is 8.28. The van der Waals surface area contributed by atoms with Gasteiger partial charge in [0.1, 0.15) is 5.70 Å². The molecule has 1 saturated heterocycles. The van der Waals surface area contributed by atoms with E-state index in [9.17, 15) is 9.59 Å². The van der Waals surface area contributed by atoms with Gasteiger partial charge in [0, 0.05) is 36.7 Å². The lowest BCUT2D eigenvalue weighted by molar-refractivity contribution is -0.120. The maximum atomic E-state index is 13.6. The number of imide groups is 1. The first-order valence-electron chi connectivity index (χ1n) is 10.8. The molecule has 2 amide bonds. The Morgan fingerprint density at radius 3 is 2.16 bits per heavy atom. The molecule has 32 heavy (non-hydrogen) atoms. The molecule has 1 fully saturated rings. The lowest BCUT2D eigenvalue weighted by atomic mass is 10.1. The monoisotopic (exact) mass is 443 g/mol. The Hall–Kier alpha value is -3.38. The molecule has 2 aliphatic heterocycles. The van der Waals surface area contributed by atoms with Crippen LogP contribution in [0.25, 0.3) is 5.57 Å². The molecule has 0 atom stereocenters. The Kier molecular flexibility index (Phi) is 5.31. The summed E-state index contributed by atoms with van der Waals surface area (Å²) in [4.78, 5) is 33.7. The van der Waals surface area contributed by atoms with Crippen molar-refractivity contribution < 1.29 is 9.59 Å². The number of piperazine rings is 1. The van der Waals surface area contributed by atoms with E-state index in [4.69, 9.17) is 0 Å². The van der Waals surface area contributed by atoms with Crippen LogP contribution in [0, 0.1) is 13.8 Å². The minimum Gasteiger partial charge on any atom is -0.368 e. The topological polar surface area (TPSA) is 43.9 Å². The molecule has 3 heterocycles. The molecule has 3 aromatic rings. The van der Waals surface area contributed by atoms with Gasteiger partial charge >= 0.3 is 0 Å². The number of hydrogen-bond donors (Lipinski definition) is 0. The van der Waals surface area contributed by atoms with Crippen molar-refractivity contribution in [3.8, 4) is 0 Å². The third kappa shape index (κ3) is 3.41. The van der Waals surface area contributed by atoms with Crippen LogP contribution in [-0.4, -0.2) is 42.9 Å². The van der Waals surface area contributed by atoms with E-state index in [1.165, 1.54) is 33.1 Å². The Labute approximate surface area is 192 Å². The molecule has 0 radical (unpaired) electrons. The van der Waals surface area contributed by atoms with Crippen molar-refractivity contribution in [2.45, 2.75) is 13.8 Å². The summed E-state index contributed by atoms with van der Waals surface area (Å²) in [5.41, 5.74) is 5.48. The summed E-state index contributed by atoms with van der Waals surface area (Å²) in [6.07, 6.45) is 0. The van der Waals surface area contributed by atoms with Gasteiger partial charge in [-0.1, -0.05) is 36.4 Å². The summed E-state index contributed by atoms with van der Waals surface area (Å²) in [7, 11) is 0. The minimum atomic E-state index is -0.240. The fourth-order valence-electron chi connectivity index (χ4n) is 4.52. The van der Waals surface area contributed by atoms with Crippen LogP contribution >= 0.6 is 11.3 Å². The van der Waals surface area contributed by atoms with Crippen LogP contribution in [0.3, 0.4) is 0 Å². The first kappa shape index (κ1) is 20.5. The van der Waals surface area contributed by atoms with Gasteiger partial charge in [-0.25, -0.2) is 4.90 Å². The Bertz CT molecular complexity index is 1190. The standard InChI is InChI=1S/C26H25N3O2S/c1-18-8-6-11-21(19(18)2)27-13-15-28(16-14-27)24-23(22-12-7-17-32-22)25(30)29(26(24)31)20-9-4-3-5-10-20/h3-12,17H,13-16H2,1-2H3. The Morgan fingerprint density at radius 1 is 0.750 bits per heavy atom. The molecule has 0 N–H and O–H groups in total. The molecule has 0 unspecified atom stereocenters. The molecule has 0 saturated carbocycles. The molecule has 5 rings (SSSR count). The molecule has 5 nitrogen and oxygen atoms in total. The average molecular weight is 444 g/mol. The van der Waals surface area contributed by atoms with Gasteiger partial charge in [-0.2, -0.15) is 0 Å². The second-order valence-corrected chi connectivity index (χ2v) is 9.12. The summed E-state index contributed by atoms with van der Waals surface area (Å²) in [6.45, 7) is 7.29. The fourth-order valence-corrected chi connectivity index (χ4v) is 5.28. The van der Waals surface area contributed by atoms with Crippen LogP contribution < -0.4 is 9.80 Å². The van der Waals surface area contributed by atoms with Gasteiger partial charge in [0.2, 0.25) is 0 Å². The van der Waals surface area contributed by atoms with Gasteiger partial charge < -0.3 is 9.80 Å². The van der Waals surface area contributed by atoms with Crippen molar-refractivity contribution in [3.05, 3.63) is 87.7 Å². The van der Waals surface area contributed by atoms with Crippen molar-refractivity contribution in [1.82, 2.24) is 4.90 Å². The van der Waals surface area contributed by atoms with E-state index in [1.807, 2.05) is 47.8 Å². The lowest BCUT2D eigenvalue weighted by Gasteiger charge is -2.38. The number of carbonyl (C=O) groups excluding carboxylic acids is 2. The van der Waals surface area contributed by atoms with Crippen molar-refractivity contribution in [2.24, 2.45) is 0 Å². The van der Waals surface area contributed by atoms with E-state index in [-0.39, 0.29) is 11.8 Å². The van der Waals surface area contributed by atoms with Gasteiger partial charge in [0.05, 0.1) is 11.3 Å². The molecular weight excluding hydrogens is 418 g/mol. The SMILES string of the molecule is Cc1cccc(N2CCN(C3=C(c4cccs4)C(=O)N(c4ccccc4)C3=O)CC2)c1C. The molecule has 2 aliphatic rings. The van der Waals surface area contributed by atoms with E-state index < -0.39 is 0 Å². The van der Waals surface area contributed by atoms with Gasteiger partial charge in [0.15, 0.2) is 0 Å². The number of benzene rings is 2. The van der Waals surface area contributed by atoms with Crippen molar-refractivity contribution in [2.75, 3.05) is 36.0 Å². The normalized spacial score (nSPS) is 17.0. The first-order valence-corrected chi connectivity index (χ1v) is 11.7. The van der Waals surface area contributed by atoms with E-state index in [2.05, 4.69) is 41.8 Å². The third-order valence-corrected chi connectivity index (χ3v) is 7.24. The van der Waals surface area contributed by atoms with Crippen LogP contribution in [0.4, 0.5) is 11.4 Å². The lowest BCUT2D eigenvalue weighted by Crippen LogP contribution is -2.48. The Balaban J connectivity index is 1.46. The molecule has 2 aromatic carbocycles. The summed E-state index contributed by atoms with van der Waals surface area (Å²) in [5.74, 6) is -0.472. The fraction of sp³-hybridized carbons (Fsp3) is 0.231. The highest BCUT2D eigenvalue weighted by Gasteiger charge is 2.43. The number of hydrogen-bond acceptors (Lipinski definition) is 5. The highest BCUT2D eigenvalue weighted by Crippen LogP contribution is 2.37. The van der Waals surface area contributed by atoms with Crippen molar-refractivity contribution >= 4 is 40.1 Å². The van der Waals surface area contributed by atoms with E-state index in [0.717, 1.165) is 18.0 Å². The van der Waals surface area contributed by atoms with E-state index >= 15 is 0 Å². The number of nitrogens with zero attached hydrogens (tertiary/aromatic N) is 3. The minimum absolute atomic E-state index is 0.232. The van der Waals surface area contributed by atoms with Crippen LogP contribution in [0.1, 0.15) is 16.0 Å². The number of para-hydroxylation sites is 1. The molecule has 0 aliphatic carbocycles. The molecule has 6 heteroatoms. The summed E-state index contributed by atoms with van der Waals surface area (Å²) >= 11 is 1.50. The van der Waals surface area contributed by atoms with Crippen molar-refractivity contribution in [1.29, 1.82) is 0 Å². The molecule has 0 spiro atoms. The Morgan fingerprint density at radius 2 is 1.47 bits per heavy atom. The number of anilines is 2. The van der Waals surface area contributed by atoms with Crippen LogP contribution in [0.5, 0.6) is 0 Å². The zero-order chi connectivity index (χ0) is 22.2. The number of thiophene rings is 1. The van der Waals surface area contributed by atoms with Crippen LogP contribution in [0.15, 0.2) is 71.7 Å². The first-order chi connectivity index (χ1) is 15.6. The number of aryl methyl sites for hydroxylation is 1. The summed E-state index contributed by atoms with van der Waals surface area (Å²) in [6, 6.07) is 19.4. The number of amides is 2. The van der Waals surface area contributed by atoms with Gasteiger partial charge in [-0.3, -0.25) is 9.59 Å². The summed E-state index contributed by atoms with van der Waals surface area (Å²) < 4.78 is 0. The number of rotatable bonds is 4. The maximum Gasteiger partial charge on any atom is 0.282 e. The van der Waals surface area contributed by atoms with Crippen LogP contribution in [0.2, 0.25) is 0 Å². The third-order valence-electron chi connectivity index (χ3n) is 6.35. The van der Waals surface area contributed by atoms with E-state index in [0.29, 0.717) is 30.0 Å². The summed E-state index contributed by atoms with van der Waals surface area (Å²) in [5, 5.41) is 1.95. The smallest absolute Gasteiger partial charge is 0.282 e. The average Bonchev–Trinajstić information content (AvgIpc) is 3.42. The maximum absolute atomic E-state index is 13.6. The highest BCUT2D eigenvalue weighted by molar-refractivity contribution is 7.11. The van der Waals surface area contributed by atoms with E-state index in [1.54, 1.807) is 0 Å². The molecule has 0 bridgehead atoms. The van der Waals surface area contributed by atoms with Crippen molar-refractivity contribution in [3.63, 3.8) is 0 Å². The second-order valence-electron chi connectivity index (χ2n) is 8.18. The quantitative estimate of drug-likeness (QED) is 0.558. The number of carbonyl (C=O) groups is 2. The van der Waals surface area contributed by atoms with Crippen LogP contribution in [-0.2, 0) is 9.59 Å². The van der Waals surface area contributed by atoms with Gasteiger partial charge in [-0.15, -0.1) is 11.3 Å². The predicted molar refractivity (Wildman–Crippen MR) is 130 cm³/mol. The van der Waals surface area contributed by atoms with Gasteiger partial charge in [-0.05, 0) is 54.6 Å². The molecular formula is C26H25N3O2S. The molecule has 162 valence electrons. The highest BCUT2D eigenvalue weighted by atomic mass is 32.1.